The van der Waals surface area contributed by atoms with E-state index in [2.05, 4.69) is 71.0 Å². The third kappa shape index (κ3) is 9.56. The minimum absolute atomic E-state index is 0.453. The largest absolute Gasteiger partial charge is 0.444 e. The van der Waals surface area contributed by atoms with Crippen molar-refractivity contribution in [1.82, 2.24) is 39.9 Å². The van der Waals surface area contributed by atoms with Crippen LogP contribution in [0.3, 0.4) is 0 Å². The Morgan fingerprint density at radius 2 is 1.37 bits per heavy atom. The maximum atomic E-state index is 10.0. The Morgan fingerprint density at radius 3 is 1.84 bits per heavy atom. The smallest absolute Gasteiger partial charge is 0.405 e. The van der Waals surface area contributed by atoms with Gasteiger partial charge < -0.3 is 26.2 Å². The van der Waals surface area contributed by atoms with E-state index in [4.69, 9.17) is 21.4 Å². The Labute approximate surface area is 287 Å². The molecule has 4 aromatic heterocycles. The van der Waals surface area contributed by atoms with Gasteiger partial charge in [-0.2, -0.15) is 0 Å². The highest BCUT2D eigenvalue weighted by Crippen LogP contribution is 2.35. The summed E-state index contributed by atoms with van der Waals surface area (Å²) in [6.45, 7) is 14.0. The summed E-state index contributed by atoms with van der Waals surface area (Å²) >= 11 is 0. The molecule has 1 saturated carbocycles. The minimum atomic E-state index is -0.725. The number of rotatable bonds is 7. The predicted octanol–water partition coefficient (Wildman–Crippen LogP) is 7.99. The number of aryl methyl sites for hydroxylation is 1. The van der Waals surface area contributed by atoms with Gasteiger partial charge in [0.25, 0.3) is 0 Å². The van der Waals surface area contributed by atoms with E-state index < -0.39 is 11.7 Å². The van der Waals surface area contributed by atoms with Crippen molar-refractivity contribution in [2.45, 2.75) is 98.5 Å². The third-order valence-corrected chi connectivity index (χ3v) is 7.68. The van der Waals surface area contributed by atoms with Crippen molar-refractivity contribution in [3.05, 3.63) is 60.4 Å². The Bertz CT molecular complexity index is 1970. The Balaban J connectivity index is 0.000000395. The van der Waals surface area contributed by atoms with Gasteiger partial charge in [0, 0.05) is 23.5 Å². The van der Waals surface area contributed by atoms with Crippen LogP contribution >= 0.6 is 0 Å². The van der Waals surface area contributed by atoms with Crippen LogP contribution in [0, 0.1) is 0 Å². The van der Waals surface area contributed by atoms with Gasteiger partial charge >= 0.3 is 6.09 Å². The molecule has 2 aromatic carbocycles. The van der Waals surface area contributed by atoms with Crippen LogP contribution in [0.2, 0.25) is 0 Å². The number of carbonyl (C=O) groups is 1. The van der Waals surface area contributed by atoms with Gasteiger partial charge in [0.05, 0.1) is 23.8 Å². The van der Waals surface area contributed by atoms with Gasteiger partial charge in [-0.15, -0.1) is 0 Å². The molecule has 6 aromatic rings. The highest BCUT2D eigenvalue weighted by molar-refractivity contribution is 5.90. The minimum Gasteiger partial charge on any atom is -0.444 e. The number of aromatic nitrogens is 8. The number of primary amides is 1. The topological polar surface area (TPSA) is 187 Å². The van der Waals surface area contributed by atoms with E-state index in [-0.39, 0.29) is 0 Å². The number of aromatic amines is 2. The van der Waals surface area contributed by atoms with Gasteiger partial charge in [0.15, 0.2) is 22.6 Å². The molecule has 0 saturated heterocycles. The number of fused-ring (bicyclic) bond motifs is 3. The first-order valence-electron chi connectivity index (χ1n) is 17.3. The molecule has 0 atom stereocenters. The van der Waals surface area contributed by atoms with Gasteiger partial charge in [-0.3, -0.25) is 0 Å². The Morgan fingerprint density at radius 1 is 0.816 bits per heavy atom. The fraction of sp³-hybridized carbons (Fsp3) is 0.432. The van der Waals surface area contributed by atoms with Crippen LogP contribution in [0.4, 0.5) is 4.79 Å². The summed E-state index contributed by atoms with van der Waals surface area (Å²) < 4.78 is 4.58. The fourth-order valence-electron chi connectivity index (χ4n) is 5.23. The van der Waals surface area contributed by atoms with E-state index in [1.54, 1.807) is 27.0 Å². The molecule has 0 unspecified atom stereocenters. The molecule has 4 heterocycles. The Hall–Kier alpha value is -4.97. The summed E-state index contributed by atoms with van der Waals surface area (Å²) in [4.78, 5) is 44.6. The quantitative estimate of drug-likeness (QED) is 0.122. The molecule has 0 bridgehead atoms. The standard InChI is InChI=1S/C28H27N9.C5H11NO2.2C2H6/c29-11-2-1-6-23-34-25-27(35-23)32-21(14-30-25)19-9-7-18-13-20(10-8-17(18)12-19)22-15-31-26-28(33-22)37-24(36-26)16-4-3-5-16;1-5(2,3)8-4(6)7;2*1-2/h7-10,12-16H,1-6,11,29H2,(H,30,32,34,35)(H,31,33,36,37);1-3H3,(H2,6,7);2*1-2H3. The average Bonchev–Trinajstić information content (AvgIpc) is 3.67. The maximum Gasteiger partial charge on any atom is 0.405 e. The molecule has 1 amide bonds. The molecule has 12 heteroatoms. The van der Waals surface area contributed by atoms with Crippen molar-refractivity contribution >= 4 is 39.5 Å². The second-order valence-corrected chi connectivity index (χ2v) is 12.3. The lowest BCUT2D eigenvalue weighted by molar-refractivity contribution is 0.0600. The zero-order valence-electron chi connectivity index (χ0n) is 29.8. The number of hydrogen-bond donors (Lipinski definition) is 4. The Kier molecular flexibility index (Phi) is 12.7. The zero-order valence-corrected chi connectivity index (χ0v) is 29.8. The van der Waals surface area contributed by atoms with Crippen LogP contribution in [0.5, 0.6) is 0 Å². The van der Waals surface area contributed by atoms with Gasteiger partial charge in [-0.25, -0.2) is 34.7 Å². The van der Waals surface area contributed by atoms with Crippen LogP contribution in [0.15, 0.2) is 48.8 Å². The maximum absolute atomic E-state index is 10.0. The first kappa shape index (κ1) is 36.9. The molecule has 49 heavy (non-hydrogen) atoms. The second kappa shape index (κ2) is 16.9. The number of benzene rings is 2. The van der Waals surface area contributed by atoms with Crippen molar-refractivity contribution in [2.24, 2.45) is 11.5 Å². The summed E-state index contributed by atoms with van der Waals surface area (Å²) in [5.74, 6) is 2.45. The number of amides is 1. The molecule has 12 nitrogen and oxygen atoms in total. The predicted molar refractivity (Wildman–Crippen MR) is 197 cm³/mol. The number of nitrogens with one attached hydrogen (secondary N) is 2. The van der Waals surface area contributed by atoms with E-state index in [0.29, 0.717) is 29.4 Å². The number of imidazole rings is 2. The number of unbranched alkanes of at least 4 members (excludes halogenated alkanes) is 1. The first-order chi connectivity index (χ1) is 23.6. The molecule has 0 radical (unpaired) electrons. The monoisotopic (exact) mass is 666 g/mol. The van der Waals surface area contributed by atoms with Crippen molar-refractivity contribution in [1.29, 1.82) is 0 Å². The summed E-state index contributed by atoms with van der Waals surface area (Å²) in [6, 6.07) is 12.7. The third-order valence-electron chi connectivity index (χ3n) is 7.68. The van der Waals surface area contributed by atoms with Crippen molar-refractivity contribution in [2.75, 3.05) is 6.54 Å². The SMILES string of the molecule is CC.CC.CC(C)(C)OC(N)=O.NCCCCc1nc2ncc(-c3ccc4cc(-c5cnc6nc(C7CCC7)[nH]c6n5)ccc4c3)nc2[nH]1. The number of ether oxygens (including phenoxy) is 1. The number of carbonyl (C=O) groups excluding carboxylic acids is 1. The molecule has 1 fully saturated rings. The van der Waals surface area contributed by atoms with Gasteiger partial charge in [-0.1, -0.05) is 58.4 Å². The van der Waals surface area contributed by atoms with Crippen molar-refractivity contribution < 1.29 is 9.53 Å². The van der Waals surface area contributed by atoms with E-state index in [0.717, 1.165) is 69.8 Å². The zero-order chi connectivity index (χ0) is 35.6. The number of H-pyrrole nitrogens is 2. The lowest BCUT2D eigenvalue weighted by atomic mass is 9.85. The summed E-state index contributed by atoms with van der Waals surface area (Å²) in [5, 5.41) is 2.25. The molecule has 0 aliphatic heterocycles. The highest BCUT2D eigenvalue weighted by Gasteiger charge is 2.23. The van der Waals surface area contributed by atoms with Gasteiger partial charge in [0.1, 0.15) is 17.2 Å². The van der Waals surface area contributed by atoms with Crippen LogP contribution < -0.4 is 11.5 Å². The number of nitrogens with zero attached hydrogens (tertiary/aromatic N) is 6. The summed E-state index contributed by atoms with van der Waals surface area (Å²) in [6.07, 6.45) is 9.35. The van der Waals surface area contributed by atoms with Crippen LogP contribution in [-0.4, -0.2) is 58.1 Å². The molecule has 6 N–H and O–H groups in total. The van der Waals surface area contributed by atoms with E-state index in [1.807, 2.05) is 33.9 Å². The highest BCUT2D eigenvalue weighted by atomic mass is 16.6. The van der Waals surface area contributed by atoms with Gasteiger partial charge in [0.2, 0.25) is 0 Å². The summed E-state index contributed by atoms with van der Waals surface area (Å²) in [5.41, 5.74) is 16.3. The fourth-order valence-corrected chi connectivity index (χ4v) is 5.23. The van der Waals surface area contributed by atoms with Crippen molar-refractivity contribution in [3.63, 3.8) is 0 Å². The van der Waals surface area contributed by atoms with E-state index in [1.165, 1.54) is 19.3 Å². The number of hydrogen-bond acceptors (Lipinski definition) is 9. The molecule has 260 valence electrons. The molecule has 0 spiro atoms. The molecule has 7 rings (SSSR count). The van der Waals surface area contributed by atoms with Gasteiger partial charge in [-0.05, 0) is 75.9 Å². The molecule has 1 aliphatic carbocycles. The average molecular weight is 667 g/mol. The molecular formula is C37H50N10O2. The van der Waals surface area contributed by atoms with Crippen molar-refractivity contribution in [3.8, 4) is 22.5 Å². The molecule has 1 aliphatic rings. The lowest BCUT2D eigenvalue weighted by Gasteiger charge is -2.22. The normalized spacial score (nSPS) is 12.7. The van der Waals surface area contributed by atoms with Crippen LogP contribution in [0.1, 0.15) is 98.1 Å². The lowest BCUT2D eigenvalue weighted by Crippen LogP contribution is -2.27. The number of nitrogens with two attached hydrogens (primary N) is 2. The first-order valence-corrected chi connectivity index (χ1v) is 17.3. The van der Waals surface area contributed by atoms with E-state index >= 15 is 0 Å². The van der Waals surface area contributed by atoms with E-state index in [9.17, 15) is 4.79 Å². The summed E-state index contributed by atoms with van der Waals surface area (Å²) in [7, 11) is 0. The van der Waals surface area contributed by atoms with Crippen LogP contribution in [0.25, 0.3) is 55.9 Å². The molecular weight excluding hydrogens is 616 g/mol. The van der Waals surface area contributed by atoms with Crippen LogP contribution in [-0.2, 0) is 11.2 Å². The second-order valence-electron chi connectivity index (χ2n) is 12.3.